The minimum absolute atomic E-state index is 0.0158. The molecule has 10 atom stereocenters. The van der Waals surface area contributed by atoms with Crippen molar-refractivity contribution >= 4 is 24.1 Å². The Balaban J connectivity index is 1.74. The summed E-state index contributed by atoms with van der Waals surface area (Å²) < 4.78 is 21.6. The van der Waals surface area contributed by atoms with Crippen LogP contribution in [0, 0.1) is 0 Å². The molecule has 0 aromatic carbocycles. The van der Waals surface area contributed by atoms with Crippen LogP contribution in [-0.4, -0.2) is 160 Å². The Morgan fingerprint density at radius 1 is 0.837 bits per heavy atom. The molecule has 0 aliphatic carbocycles. The van der Waals surface area contributed by atoms with Gasteiger partial charge in [-0.25, -0.2) is 4.79 Å². The van der Waals surface area contributed by atoms with E-state index in [1.807, 2.05) is 0 Å². The van der Waals surface area contributed by atoms with Gasteiger partial charge in [0, 0.05) is 39.3 Å². The Kier molecular flexibility index (Phi) is 15.8. The normalized spacial score (nSPS) is 32.6. The fraction of sp³-hybridized carbons (Fsp3) is 0.840. The van der Waals surface area contributed by atoms with Crippen molar-refractivity contribution in [2.45, 2.75) is 99.9 Å². The number of nitrogens with zero attached hydrogens (tertiary/aromatic N) is 1. The molecule has 18 nitrogen and oxygen atoms in total. The van der Waals surface area contributed by atoms with Crippen LogP contribution >= 0.6 is 0 Å². The number of rotatable bonds is 16. The summed E-state index contributed by atoms with van der Waals surface area (Å²) >= 11 is 0. The molecule has 8 N–H and O–H groups in total. The maximum Gasteiger partial charge on any atom is 0.332 e. The van der Waals surface area contributed by atoms with Crippen LogP contribution < -0.4 is 5.32 Å². The second-order valence-corrected chi connectivity index (χ2v) is 9.99. The maximum atomic E-state index is 12.1. The van der Waals surface area contributed by atoms with Gasteiger partial charge in [0.1, 0.15) is 55.1 Å². The predicted octanol–water partition coefficient (Wildman–Crippen LogP) is -4.80. The number of carbonyl (C=O) groups excluding carboxylic acids is 4. The highest BCUT2D eigenvalue weighted by Crippen LogP contribution is 2.29. The van der Waals surface area contributed by atoms with Crippen molar-refractivity contribution in [3.63, 3.8) is 0 Å². The molecule has 43 heavy (non-hydrogen) atoms. The number of nitrogens with one attached hydrogen (secondary N) is 1. The maximum absolute atomic E-state index is 12.1. The van der Waals surface area contributed by atoms with Crippen molar-refractivity contribution in [3.05, 3.63) is 0 Å². The number of aliphatic hydroxyl groups is 7. The summed E-state index contributed by atoms with van der Waals surface area (Å²) in [6.45, 7) is -1.63. The van der Waals surface area contributed by atoms with Crippen LogP contribution in [-0.2, 0) is 43.0 Å². The van der Waals surface area contributed by atoms with Crippen LogP contribution in [0.2, 0.25) is 0 Å². The number of ether oxygens (including phenoxy) is 4. The first-order valence-corrected chi connectivity index (χ1v) is 13.8. The molecule has 0 bridgehead atoms. The highest BCUT2D eigenvalue weighted by molar-refractivity contribution is 5.79. The van der Waals surface area contributed by atoms with Crippen molar-refractivity contribution in [1.29, 1.82) is 0 Å². The quantitative estimate of drug-likeness (QED) is 0.0453. The molecule has 2 rings (SSSR count). The summed E-state index contributed by atoms with van der Waals surface area (Å²) in [5, 5.41) is 73.6. The summed E-state index contributed by atoms with van der Waals surface area (Å²) in [6.07, 6.45) is -14.7. The highest BCUT2D eigenvalue weighted by atomic mass is 16.7. The summed E-state index contributed by atoms with van der Waals surface area (Å²) in [4.78, 5) is 50.7. The van der Waals surface area contributed by atoms with E-state index in [1.165, 1.54) is 7.05 Å². The molecule has 0 aromatic rings. The van der Waals surface area contributed by atoms with Gasteiger partial charge >= 0.3 is 5.97 Å². The van der Waals surface area contributed by atoms with Gasteiger partial charge in [0.15, 0.2) is 12.6 Å². The Morgan fingerprint density at radius 3 is 2.12 bits per heavy atom. The van der Waals surface area contributed by atoms with Crippen molar-refractivity contribution in [2.75, 3.05) is 33.4 Å². The average Bonchev–Trinajstić information content (AvgIpc) is 2.99. The Labute approximate surface area is 247 Å². The molecule has 6 unspecified atom stereocenters. The minimum Gasteiger partial charge on any atom is -0.394 e. The second-order valence-electron chi connectivity index (χ2n) is 9.99. The SMILES string of the molecule is CN(OC(=O)CCCCC(=O)NCCO[C@H]1OC(CO)[C@@H](O)C(O[C@H]2OC(CO)[C@@H](O)C(O)C2O)C1O)C(=O)CCC=O. The number of amides is 2. The van der Waals surface area contributed by atoms with Crippen LogP contribution in [0.4, 0.5) is 0 Å². The number of carbonyl (C=O) groups is 4. The number of hydrogen-bond acceptors (Lipinski definition) is 16. The predicted molar refractivity (Wildman–Crippen MR) is 138 cm³/mol. The van der Waals surface area contributed by atoms with Crippen LogP contribution in [0.25, 0.3) is 0 Å². The summed E-state index contributed by atoms with van der Waals surface area (Å²) in [5.74, 6) is -1.55. The fourth-order valence-corrected chi connectivity index (χ4v) is 4.28. The zero-order chi connectivity index (χ0) is 32.1. The van der Waals surface area contributed by atoms with Crippen molar-refractivity contribution in [3.8, 4) is 0 Å². The lowest BCUT2D eigenvalue weighted by molar-refractivity contribution is -0.360. The van der Waals surface area contributed by atoms with E-state index < -0.39 is 86.5 Å². The molecule has 2 saturated heterocycles. The van der Waals surface area contributed by atoms with Crippen molar-refractivity contribution in [2.24, 2.45) is 0 Å². The molecule has 2 amide bonds. The Bertz CT molecular complexity index is 893. The summed E-state index contributed by atoms with van der Waals surface area (Å²) in [5.41, 5.74) is 0. The summed E-state index contributed by atoms with van der Waals surface area (Å²) in [6, 6.07) is 0. The molecular formula is C25H42N2O16. The molecule has 2 aliphatic rings. The molecule has 2 aliphatic heterocycles. The standard InChI is InChI=1S/C25H42N2O16/c1-27(16(32)6-4-9-28)43-17(33)7-3-2-5-15(31)26-8-10-39-24-22(38)23(19(35)14(12-30)40-24)42-25-21(37)20(36)18(34)13(11-29)41-25/h9,13-14,18-25,29-30,34-38H,2-8,10-12H2,1H3,(H,26,31)/t13?,14?,18-,19-,20?,21?,22?,23?,24+,25-/m1/s1. The lowest BCUT2D eigenvalue weighted by Crippen LogP contribution is -2.64. The van der Waals surface area contributed by atoms with Gasteiger partial charge in [-0.2, -0.15) is 5.06 Å². The van der Waals surface area contributed by atoms with Gasteiger partial charge in [-0.05, 0) is 12.8 Å². The van der Waals surface area contributed by atoms with Crippen LogP contribution in [0.1, 0.15) is 38.5 Å². The first-order chi connectivity index (χ1) is 20.4. The van der Waals surface area contributed by atoms with E-state index in [0.717, 1.165) is 5.06 Å². The van der Waals surface area contributed by atoms with Gasteiger partial charge in [-0.15, -0.1) is 0 Å². The molecule has 0 aromatic heterocycles. The first kappa shape index (κ1) is 36.8. The topological polar surface area (TPSA) is 271 Å². The zero-order valence-corrected chi connectivity index (χ0v) is 23.7. The van der Waals surface area contributed by atoms with Gasteiger partial charge < -0.3 is 69.6 Å². The van der Waals surface area contributed by atoms with Crippen molar-refractivity contribution < 1.29 is 78.7 Å². The van der Waals surface area contributed by atoms with Gasteiger partial charge in [0.25, 0.3) is 5.91 Å². The Morgan fingerprint density at radius 2 is 1.47 bits per heavy atom. The first-order valence-electron chi connectivity index (χ1n) is 13.8. The zero-order valence-electron chi connectivity index (χ0n) is 23.7. The largest absolute Gasteiger partial charge is 0.394 e. The molecule has 0 radical (unpaired) electrons. The molecule has 248 valence electrons. The third kappa shape index (κ3) is 10.9. The average molecular weight is 627 g/mol. The van der Waals surface area contributed by atoms with Crippen LogP contribution in [0.5, 0.6) is 0 Å². The van der Waals surface area contributed by atoms with Crippen LogP contribution in [0.3, 0.4) is 0 Å². The van der Waals surface area contributed by atoms with E-state index >= 15 is 0 Å². The molecule has 18 heteroatoms. The van der Waals surface area contributed by atoms with Crippen molar-refractivity contribution in [1.82, 2.24) is 10.4 Å². The van der Waals surface area contributed by atoms with Gasteiger partial charge in [0.05, 0.1) is 19.8 Å². The fourth-order valence-electron chi connectivity index (χ4n) is 4.28. The Hall–Kier alpha value is -2.36. The third-order valence-corrected chi connectivity index (χ3v) is 6.77. The number of aliphatic hydroxyl groups excluding tert-OH is 7. The van der Waals surface area contributed by atoms with Gasteiger partial charge in [-0.3, -0.25) is 9.59 Å². The number of aldehydes is 1. The molecule has 0 saturated carbocycles. The van der Waals surface area contributed by atoms with E-state index in [4.69, 9.17) is 23.8 Å². The van der Waals surface area contributed by atoms with Gasteiger partial charge in [-0.1, -0.05) is 0 Å². The minimum atomic E-state index is -1.81. The number of unbranched alkanes of at least 4 members (excludes halogenated alkanes) is 1. The second kappa shape index (κ2) is 18.4. The lowest BCUT2D eigenvalue weighted by Gasteiger charge is -2.45. The lowest BCUT2D eigenvalue weighted by atomic mass is 9.97. The molecule has 2 fully saturated rings. The van der Waals surface area contributed by atoms with Gasteiger partial charge in [0.2, 0.25) is 5.91 Å². The number of hydroxylamine groups is 2. The van der Waals surface area contributed by atoms with E-state index in [1.54, 1.807) is 0 Å². The van der Waals surface area contributed by atoms with E-state index in [-0.39, 0.29) is 44.7 Å². The third-order valence-electron chi connectivity index (χ3n) is 6.77. The molecular weight excluding hydrogens is 584 g/mol. The molecule has 2 heterocycles. The number of hydrogen-bond donors (Lipinski definition) is 8. The smallest absolute Gasteiger partial charge is 0.332 e. The highest BCUT2D eigenvalue weighted by Gasteiger charge is 2.50. The molecule has 0 spiro atoms. The van der Waals surface area contributed by atoms with E-state index in [0.29, 0.717) is 19.1 Å². The van der Waals surface area contributed by atoms with E-state index in [2.05, 4.69) is 5.32 Å². The monoisotopic (exact) mass is 626 g/mol. The van der Waals surface area contributed by atoms with E-state index in [9.17, 15) is 54.9 Å². The summed E-state index contributed by atoms with van der Waals surface area (Å²) in [7, 11) is 1.26. The van der Waals surface area contributed by atoms with Crippen LogP contribution in [0.15, 0.2) is 0 Å².